The van der Waals surface area contributed by atoms with E-state index in [1.54, 1.807) is 18.2 Å². The van der Waals surface area contributed by atoms with Crippen molar-refractivity contribution in [1.29, 1.82) is 0 Å². The molecule has 1 heterocycles. The fraction of sp³-hybridized carbons (Fsp3) is 0.0833. The minimum absolute atomic E-state index is 0.330. The van der Waals surface area contributed by atoms with Crippen molar-refractivity contribution in [3.63, 3.8) is 0 Å². The van der Waals surface area contributed by atoms with Crippen molar-refractivity contribution in [2.24, 2.45) is 0 Å². The smallest absolute Gasteiger partial charge is 0.336 e. The highest BCUT2D eigenvalue weighted by Gasteiger charge is 1.98. The van der Waals surface area contributed by atoms with Gasteiger partial charge in [0.2, 0.25) is 0 Å². The highest BCUT2D eigenvalue weighted by Crippen LogP contribution is 2.17. The van der Waals surface area contributed by atoms with Gasteiger partial charge in [0.25, 0.3) is 0 Å². The molecule has 0 radical (unpaired) electrons. The number of hydrogen-bond acceptors (Lipinski definition) is 3. The van der Waals surface area contributed by atoms with Crippen molar-refractivity contribution < 1.29 is 4.42 Å². The molecule has 15 heavy (non-hydrogen) atoms. The van der Waals surface area contributed by atoms with Crippen LogP contribution in [0.15, 0.2) is 52.2 Å². The molecule has 0 aliphatic carbocycles. The third-order valence-corrected chi connectivity index (χ3v) is 2.07. The second-order valence-electron chi connectivity index (χ2n) is 3.18. The van der Waals surface area contributed by atoms with E-state index in [4.69, 9.17) is 4.42 Å². The molecular formula is C12H11NO2. The third-order valence-electron chi connectivity index (χ3n) is 2.07. The largest absolute Gasteiger partial charge is 0.423 e. The molecule has 0 saturated heterocycles. The molecular weight excluding hydrogens is 190 g/mol. The van der Waals surface area contributed by atoms with Crippen molar-refractivity contribution in [3.05, 3.63) is 53.4 Å². The zero-order chi connectivity index (χ0) is 10.7. The molecule has 0 aliphatic rings. The molecule has 0 spiro atoms. The van der Waals surface area contributed by atoms with Crippen LogP contribution in [-0.4, -0.2) is 6.54 Å². The summed E-state index contributed by atoms with van der Waals surface area (Å²) < 4.78 is 5.06. The second kappa shape index (κ2) is 4.00. The Kier molecular flexibility index (Phi) is 2.54. The molecule has 3 nitrogen and oxygen atoms in total. The highest BCUT2D eigenvalue weighted by molar-refractivity contribution is 5.80. The Balaban J connectivity index is 2.44. The maximum Gasteiger partial charge on any atom is 0.336 e. The third kappa shape index (κ3) is 2.07. The summed E-state index contributed by atoms with van der Waals surface area (Å²) >= 11 is 0. The number of benzene rings is 1. The maximum absolute atomic E-state index is 11.0. The molecule has 0 amide bonds. The summed E-state index contributed by atoms with van der Waals surface area (Å²) in [4.78, 5) is 11.0. The zero-order valence-electron chi connectivity index (χ0n) is 8.19. The average Bonchev–Trinajstić information content (AvgIpc) is 2.25. The van der Waals surface area contributed by atoms with E-state index in [9.17, 15) is 4.79 Å². The Bertz CT molecular complexity index is 543. The molecule has 1 aromatic heterocycles. The summed E-state index contributed by atoms with van der Waals surface area (Å²) in [6.07, 6.45) is 1.77. The van der Waals surface area contributed by atoms with Crippen LogP contribution >= 0.6 is 0 Å². The van der Waals surface area contributed by atoms with Gasteiger partial charge in [-0.25, -0.2) is 4.79 Å². The lowest BCUT2D eigenvalue weighted by molar-refractivity contribution is 0.561. The molecule has 0 saturated carbocycles. The summed E-state index contributed by atoms with van der Waals surface area (Å²) in [6.45, 7) is 4.30. The second-order valence-corrected chi connectivity index (χ2v) is 3.18. The average molecular weight is 201 g/mol. The van der Waals surface area contributed by atoms with E-state index < -0.39 is 0 Å². The zero-order valence-corrected chi connectivity index (χ0v) is 8.19. The highest BCUT2D eigenvalue weighted by atomic mass is 16.4. The van der Waals surface area contributed by atoms with Crippen molar-refractivity contribution >= 4 is 16.7 Å². The molecule has 3 heteroatoms. The van der Waals surface area contributed by atoms with Gasteiger partial charge in [-0.2, -0.15) is 0 Å². The molecule has 1 aromatic carbocycles. The van der Waals surface area contributed by atoms with Crippen LogP contribution in [0.25, 0.3) is 11.0 Å². The normalized spacial score (nSPS) is 10.1. The Morgan fingerprint density at radius 3 is 2.93 bits per heavy atom. The van der Waals surface area contributed by atoms with Gasteiger partial charge in [-0.1, -0.05) is 6.08 Å². The molecule has 2 rings (SSSR count). The van der Waals surface area contributed by atoms with E-state index in [1.165, 1.54) is 6.07 Å². The number of rotatable bonds is 3. The van der Waals surface area contributed by atoms with Gasteiger partial charge in [-0.15, -0.1) is 6.58 Å². The predicted molar refractivity (Wildman–Crippen MR) is 61.2 cm³/mol. The quantitative estimate of drug-likeness (QED) is 0.612. The van der Waals surface area contributed by atoms with Crippen LogP contribution in [0, 0.1) is 0 Å². The van der Waals surface area contributed by atoms with Crippen molar-refractivity contribution in [2.45, 2.75) is 0 Å². The van der Waals surface area contributed by atoms with Crippen LogP contribution in [0.2, 0.25) is 0 Å². The van der Waals surface area contributed by atoms with Crippen LogP contribution < -0.4 is 10.9 Å². The molecule has 2 aromatic rings. The predicted octanol–water partition coefficient (Wildman–Crippen LogP) is 2.39. The Hall–Kier alpha value is -2.03. The van der Waals surface area contributed by atoms with E-state index in [0.717, 1.165) is 11.1 Å². The van der Waals surface area contributed by atoms with Gasteiger partial charge in [0.15, 0.2) is 0 Å². The van der Waals surface area contributed by atoms with E-state index >= 15 is 0 Å². The van der Waals surface area contributed by atoms with Gasteiger partial charge < -0.3 is 9.73 Å². The van der Waals surface area contributed by atoms with Crippen LogP contribution in [0.1, 0.15) is 0 Å². The fourth-order valence-corrected chi connectivity index (χ4v) is 1.36. The minimum Gasteiger partial charge on any atom is -0.423 e. The molecule has 0 aliphatic heterocycles. The molecule has 0 fully saturated rings. The monoisotopic (exact) mass is 201 g/mol. The Labute approximate surface area is 87.0 Å². The topological polar surface area (TPSA) is 42.2 Å². The summed E-state index contributed by atoms with van der Waals surface area (Å²) in [7, 11) is 0. The summed E-state index contributed by atoms with van der Waals surface area (Å²) in [5.41, 5.74) is 1.18. The first-order valence-electron chi connectivity index (χ1n) is 4.68. The minimum atomic E-state index is -0.330. The first kappa shape index (κ1) is 9.52. The number of hydrogen-bond donors (Lipinski definition) is 1. The van der Waals surface area contributed by atoms with Crippen LogP contribution in [0.3, 0.4) is 0 Å². The van der Waals surface area contributed by atoms with E-state index in [1.807, 2.05) is 12.1 Å². The van der Waals surface area contributed by atoms with Gasteiger partial charge in [0.05, 0.1) is 0 Å². The lowest BCUT2D eigenvalue weighted by Crippen LogP contribution is -1.98. The summed E-state index contributed by atoms with van der Waals surface area (Å²) in [5.74, 6) is 0. The Morgan fingerprint density at radius 1 is 1.33 bits per heavy atom. The van der Waals surface area contributed by atoms with Gasteiger partial charge in [-0.3, -0.25) is 0 Å². The first-order valence-corrected chi connectivity index (χ1v) is 4.68. The lowest BCUT2D eigenvalue weighted by atomic mass is 10.2. The van der Waals surface area contributed by atoms with E-state index in [0.29, 0.717) is 12.1 Å². The first-order chi connectivity index (χ1) is 7.29. The molecule has 0 unspecified atom stereocenters. The lowest BCUT2D eigenvalue weighted by Gasteiger charge is -2.03. The number of fused-ring (bicyclic) bond motifs is 1. The van der Waals surface area contributed by atoms with Crippen LogP contribution in [-0.2, 0) is 0 Å². The van der Waals surface area contributed by atoms with Crippen molar-refractivity contribution in [3.8, 4) is 0 Å². The summed E-state index contributed by atoms with van der Waals surface area (Å²) in [6, 6.07) is 8.81. The van der Waals surface area contributed by atoms with Gasteiger partial charge >= 0.3 is 5.63 Å². The maximum atomic E-state index is 11.0. The standard InChI is InChI=1S/C12H11NO2/c1-2-7-13-10-5-3-9-4-6-12(14)15-11(9)8-10/h2-6,8,13H,1,7H2. The van der Waals surface area contributed by atoms with Gasteiger partial charge in [0, 0.05) is 29.8 Å². The van der Waals surface area contributed by atoms with E-state index in [2.05, 4.69) is 11.9 Å². The summed E-state index contributed by atoms with van der Waals surface area (Å²) in [5, 5.41) is 4.04. The van der Waals surface area contributed by atoms with Crippen LogP contribution in [0.4, 0.5) is 5.69 Å². The van der Waals surface area contributed by atoms with Gasteiger partial charge in [-0.05, 0) is 18.2 Å². The van der Waals surface area contributed by atoms with E-state index in [-0.39, 0.29) is 5.63 Å². The molecule has 0 bridgehead atoms. The number of nitrogens with one attached hydrogen (secondary N) is 1. The SMILES string of the molecule is C=CCNc1ccc2ccc(=O)oc2c1. The van der Waals surface area contributed by atoms with Crippen LogP contribution in [0.5, 0.6) is 0 Å². The van der Waals surface area contributed by atoms with Gasteiger partial charge in [0.1, 0.15) is 5.58 Å². The van der Waals surface area contributed by atoms with Crippen molar-refractivity contribution in [1.82, 2.24) is 0 Å². The number of anilines is 1. The fourth-order valence-electron chi connectivity index (χ4n) is 1.36. The molecule has 76 valence electrons. The molecule has 1 N–H and O–H groups in total. The molecule has 0 atom stereocenters. The Morgan fingerprint density at radius 2 is 2.13 bits per heavy atom. The van der Waals surface area contributed by atoms with Crippen molar-refractivity contribution in [2.75, 3.05) is 11.9 Å².